The van der Waals surface area contributed by atoms with Crippen LogP contribution in [0.4, 0.5) is 5.82 Å². The first-order valence-electron chi connectivity index (χ1n) is 8.89. The lowest BCUT2D eigenvalue weighted by molar-refractivity contribution is -0.0587. The fraction of sp³-hybridized carbons (Fsp3) is 0.667. The molecule has 2 aliphatic rings. The molecule has 4 rings (SSSR count). The molecule has 1 aliphatic heterocycles. The lowest BCUT2D eigenvalue weighted by Gasteiger charge is -2.25. The highest BCUT2D eigenvalue weighted by Crippen LogP contribution is 2.39. The zero-order valence-corrected chi connectivity index (χ0v) is 14.7. The maximum atomic E-state index is 5.93. The molecular weight excluding hydrogens is 302 g/mol. The van der Waals surface area contributed by atoms with Gasteiger partial charge in [0.15, 0.2) is 0 Å². The minimum atomic E-state index is -0.0588. The van der Waals surface area contributed by atoms with Gasteiger partial charge in [0.1, 0.15) is 17.8 Å². The van der Waals surface area contributed by atoms with Gasteiger partial charge in [-0.2, -0.15) is 0 Å². The monoisotopic (exact) mass is 329 g/mol. The minimum absolute atomic E-state index is 0.0588. The molecular formula is C18H27N5O. The Balaban J connectivity index is 1.34. The fourth-order valence-electron chi connectivity index (χ4n) is 4.09. The van der Waals surface area contributed by atoms with E-state index in [0.29, 0.717) is 6.04 Å². The third-order valence-corrected chi connectivity index (χ3v) is 5.20. The highest BCUT2D eigenvalue weighted by molar-refractivity contribution is 5.86. The molecule has 1 aliphatic carbocycles. The van der Waals surface area contributed by atoms with Crippen LogP contribution < -0.4 is 5.32 Å². The highest BCUT2D eigenvalue weighted by Gasteiger charge is 2.41. The Morgan fingerprint density at radius 2 is 2.00 bits per heavy atom. The summed E-state index contributed by atoms with van der Waals surface area (Å²) in [4.78, 5) is 14.3. The summed E-state index contributed by atoms with van der Waals surface area (Å²) in [5.74, 6) is 2.50. The number of nitrogens with zero attached hydrogens (tertiary/aromatic N) is 3. The predicted octanol–water partition coefficient (Wildman–Crippen LogP) is 2.85. The Kier molecular flexibility index (Phi) is 3.96. The van der Waals surface area contributed by atoms with Crippen LogP contribution in [0.3, 0.4) is 0 Å². The lowest BCUT2D eigenvalue weighted by Crippen LogP contribution is -2.32. The maximum Gasteiger partial charge on any atom is 0.142 e. The first-order valence-corrected chi connectivity index (χ1v) is 8.89. The molecule has 3 heterocycles. The molecule has 6 nitrogen and oxygen atoms in total. The summed E-state index contributed by atoms with van der Waals surface area (Å²) in [6.07, 6.45) is 5.97. The van der Waals surface area contributed by atoms with Crippen LogP contribution in [0.25, 0.3) is 11.0 Å². The molecule has 0 amide bonds. The predicted molar refractivity (Wildman–Crippen MR) is 94.8 cm³/mol. The van der Waals surface area contributed by atoms with Crippen molar-refractivity contribution in [1.82, 2.24) is 19.9 Å². The second kappa shape index (κ2) is 6.01. The Bertz CT molecular complexity index is 693. The number of H-pyrrole nitrogens is 1. The third-order valence-electron chi connectivity index (χ3n) is 5.20. The number of hydrogen-bond acceptors (Lipinski definition) is 5. The van der Waals surface area contributed by atoms with Gasteiger partial charge in [0.25, 0.3) is 0 Å². The van der Waals surface area contributed by atoms with E-state index in [1.807, 2.05) is 12.3 Å². The van der Waals surface area contributed by atoms with Crippen molar-refractivity contribution >= 4 is 16.9 Å². The van der Waals surface area contributed by atoms with Crippen LogP contribution in [-0.4, -0.2) is 51.3 Å². The smallest absolute Gasteiger partial charge is 0.142 e. The van der Waals surface area contributed by atoms with E-state index in [4.69, 9.17) is 4.74 Å². The van der Waals surface area contributed by atoms with Crippen LogP contribution in [0.5, 0.6) is 0 Å². The quantitative estimate of drug-likeness (QED) is 0.903. The summed E-state index contributed by atoms with van der Waals surface area (Å²) in [5.41, 5.74) is 0.840. The van der Waals surface area contributed by atoms with Crippen molar-refractivity contribution in [2.24, 2.45) is 11.8 Å². The molecule has 0 spiro atoms. The molecule has 0 aromatic carbocycles. The van der Waals surface area contributed by atoms with E-state index in [0.717, 1.165) is 48.5 Å². The van der Waals surface area contributed by atoms with Gasteiger partial charge < -0.3 is 15.0 Å². The molecule has 0 bridgehead atoms. The van der Waals surface area contributed by atoms with E-state index in [9.17, 15) is 0 Å². The number of hydrogen-bond donors (Lipinski definition) is 2. The number of likely N-dealkylation sites (tertiary alicyclic amines) is 1. The van der Waals surface area contributed by atoms with Crippen LogP contribution >= 0.6 is 0 Å². The van der Waals surface area contributed by atoms with E-state index in [1.165, 1.54) is 12.8 Å². The maximum absolute atomic E-state index is 5.93. The molecule has 0 radical (unpaired) electrons. The van der Waals surface area contributed by atoms with Gasteiger partial charge in [-0.1, -0.05) is 0 Å². The van der Waals surface area contributed by atoms with E-state index < -0.39 is 0 Å². The lowest BCUT2D eigenvalue weighted by atomic mass is 10.0. The molecule has 2 aromatic heterocycles. The van der Waals surface area contributed by atoms with E-state index >= 15 is 0 Å². The molecule has 130 valence electrons. The molecule has 24 heavy (non-hydrogen) atoms. The summed E-state index contributed by atoms with van der Waals surface area (Å²) in [5, 5.41) is 4.73. The van der Waals surface area contributed by atoms with Gasteiger partial charge in [0.05, 0.1) is 17.7 Å². The number of aromatic nitrogens is 3. The standard InChI is InChI=1S/C18H27N5O/c1-18(2,3)24-11-23-8-12-6-14(7-13(12)9-23)22-17-15-4-5-19-16(15)20-10-21-17/h4-5,10,12-14H,6-9,11H2,1-3H3,(H2,19,20,21,22)/t12-,13+,14?. The molecule has 2 fully saturated rings. The third kappa shape index (κ3) is 3.26. The van der Waals surface area contributed by atoms with Crippen LogP contribution in [0.15, 0.2) is 18.6 Å². The summed E-state index contributed by atoms with van der Waals surface area (Å²) >= 11 is 0. The van der Waals surface area contributed by atoms with Gasteiger partial charge in [-0.05, 0) is 51.5 Å². The second-order valence-corrected chi connectivity index (χ2v) is 8.22. The number of aromatic amines is 1. The molecule has 1 unspecified atom stereocenters. The van der Waals surface area contributed by atoms with Gasteiger partial charge in [-0.3, -0.25) is 4.90 Å². The van der Waals surface area contributed by atoms with Crippen molar-refractivity contribution in [3.05, 3.63) is 18.6 Å². The van der Waals surface area contributed by atoms with Gasteiger partial charge in [0, 0.05) is 25.3 Å². The van der Waals surface area contributed by atoms with Gasteiger partial charge in [-0.25, -0.2) is 9.97 Å². The van der Waals surface area contributed by atoms with E-state index in [1.54, 1.807) is 6.33 Å². The molecule has 1 saturated carbocycles. The van der Waals surface area contributed by atoms with Crippen molar-refractivity contribution in [3.8, 4) is 0 Å². The van der Waals surface area contributed by atoms with Crippen molar-refractivity contribution in [2.75, 3.05) is 25.1 Å². The first kappa shape index (κ1) is 15.8. The van der Waals surface area contributed by atoms with Crippen molar-refractivity contribution in [3.63, 3.8) is 0 Å². The summed E-state index contributed by atoms with van der Waals surface area (Å²) in [7, 11) is 0. The van der Waals surface area contributed by atoms with Crippen molar-refractivity contribution < 1.29 is 4.74 Å². The van der Waals surface area contributed by atoms with Crippen molar-refractivity contribution in [1.29, 1.82) is 0 Å². The van der Waals surface area contributed by atoms with Crippen LogP contribution in [0.1, 0.15) is 33.6 Å². The van der Waals surface area contributed by atoms with Gasteiger partial charge >= 0.3 is 0 Å². The normalized spacial score (nSPS) is 27.7. The number of fused-ring (bicyclic) bond motifs is 2. The molecule has 1 saturated heterocycles. The van der Waals surface area contributed by atoms with Gasteiger partial charge in [0.2, 0.25) is 0 Å². The van der Waals surface area contributed by atoms with E-state index in [2.05, 4.69) is 45.9 Å². The zero-order valence-electron chi connectivity index (χ0n) is 14.7. The SMILES string of the molecule is CC(C)(C)OCN1C[C@H]2CC(Nc3ncnc4[nH]ccc34)C[C@H]2C1. The summed E-state index contributed by atoms with van der Waals surface area (Å²) in [6.45, 7) is 9.42. The molecule has 3 atom stereocenters. The van der Waals surface area contributed by atoms with Crippen molar-refractivity contribution in [2.45, 2.75) is 45.3 Å². The zero-order chi connectivity index (χ0) is 16.7. The Hall–Kier alpha value is -1.66. The molecule has 2 aromatic rings. The molecule has 2 N–H and O–H groups in total. The second-order valence-electron chi connectivity index (χ2n) is 8.22. The minimum Gasteiger partial charge on any atom is -0.367 e. The number of ether oxygens (including phenoxy) is 1. The summed E-state index contributed by atoms with van der Waals surface area (Å²) < 4.78 is 5.93. The molecule has 6 heteroatoms. The number of anilines is 1. The van der Waals surface area contributed by atoms with Crippen LogP contribution in [0, 0.1) is 11.8 Å². The first-order chi connectivity index (χ1) is 11.5. The fourth-order valence-corrected chi connectivity index (χ4v) is 4.09. The number of rotatable bonds is 4. The average molecular weight is 329 g/mol. The largest absolute Gasteiger partial charge is 0.367 e. The van der Waals surface area contributed by atoms with Crippen LogP contribution in [0.2, 0.25) is 0 Å². The Labute approximate surface area is 143 Å². The summed E-state index contributed by atoms with van der Waals surface area (Å²) in [6, 6.07) is 2.55. The van der Waals surface area contributed by atoms with Gasteiger partial charge in [-0.15, -0.1) is 0 Å². The Morgan fingerprint density at radius 1 is 1.25 bits per heavy atom. The number of nitrogens with one attached hydrogen (secondary N) is 2. The van der Waals surface area contributed by atoms with Crippen LogP contribution in [-0.2, 0) is 4.74 Å². The Morgan fingerprint density at radius 3 is 2.71 bits per heavy atom. The topological polar surface area (TPSA) is 66.1 Å². The van der Waals surface area contributed by atoms with E-state index in [-0.39, 0.29) is 5.60 Å². The average Bonchev–Trinajstić information content (AvgIpc) is 3.18. The highest BCUT2D eigenvalue weighted by atomic mass is 16.5.